The van der Waals surface area contributed by atoms with Crippen LogP contribution in [0.3, 0.4) is 0 Å². The van der Waals surface area contributed by atoms with E-state index in [0.29, 0.717) is 0 Å². The fourth-order valence-corrected chi connectivity index (χ4v) is 3.34. The molecule has 2 nitrogen and oxygen atoms in total. The van der Waals surface area contributed by atoms with Crippen molar-refractivity contribution in [1.29, 1.82) is 0 Å². The molecule has 0 radical (unpaired) electrons. The van der Waals surface area contributed by atoms with Crippen molar-refractivity contribution < 1.29 is 0 Å². The van der Waals surface area contributed by atoms with Gasteiger partial charge >= 0.3 is 0 Å². The van der Waals surface area contributed by atoms with Gasteiger partial charge in [-0.3, -0.25) is 0 Å². The normalized spacial score (nSPS) is 10.5. The topological polar surface area (TPSA) is 24.1 Å². The number of benzene rings is 4. The van der Waals surface area contributed by atoms with Crippen LogP contribution in [0, 0.1) is 6.92 Å². The summed E-state index contributed by atoms with van der Waals surface area (Å²) in [7, 11) is 0. The first kappa shape index (κ1) is 18.1. The molecule has 0 heterocycles. The smallest absolute Gasteiger partial charge is 0.0464 e. The summed E-state index contributed by atoms with van der Waals surface area (Å²) < 4.78 is 0. The second-order valence-electron chi connectivity index (χ2n) is 6.75. The zero-order valence-corrected chi connectivity index (χ0v) is 16.4. The van der Waals surface area contributed by atoms with Crippen molar-refractivity contribution in [3.63, 3.8) is 0 Å². The van der Waals surface area contributed by atoms with Crippen molar-refractivity contribution in [2.45, 2.75) is 6.92 Å². The molecule has 138 valence electrons. The van der Waals surface area contributed by atoms with Crippen LogP contribution in [0.4, 0.5) is 22.7 Å². The third-order valence-electron chi connectivity index (χ3n) is 4.54. The average molecular weight is 385 g/mol. The van der Waals surface area contributed by atoms with Gasteiger partial charge in [0.25, 0.3) is 0 Å². The van der Waals surface area contributed by atoms with E-state index in [9.17, 15) is 0 Å². The molecule has 0 unspecified atom stereocenters. The summed E-state index contributed by atoms with van der Waals surface area (Å²) in [6, 6.07) is 32.9. The van der Waals surface area contributed by atoms with Crippen molar-refractivity contribution >= 4 is 34.4 Å². The van der Waals surface area contributed by atoms with E-state index >= 15 is 0 Å². The quantitative estimate of drug-likeness (QED) is 0.366. The Balaban J connectivity index is 1.55. The van der Waals surface area contributed by atoms with Crippen LogP contribution in [0.5, 0.6) is 0 Å². The molecule has 0 saturated carbocycles. The molecule has 0 aliphatic rings. The number of aryl methyl sites for hydroxylation is 1. The molecule has 3 heteroatoms. The summed E-state index contributed by atoms with van der Waals surface area (Å²) in [6.45, 7) is 2.12. The van der Waals surface area contributed by atoms with E-state index in [4.69, 9.17) is 11.6 Å². The van der Waals surface area contributed by atoms with Gasteiger partial charge in [0.05, 0.1) is 0 Å². The Kier molecular flexibility index (Phi) is 5.31. The maximum Gasteiger partial charge on any atom is 0.0464 e. The minimum Gasteiger partial charge on any atom is -0.355 e. The summed E-state index contributed by atoms with van der Waals surface area (Å²) in [4.78, 5) is 0. The lowest BCUT2D eigenvalue weighted by Crippen LogP contribution is -1.95. The van der Waals surface area contributed by atoms with Gasteiger partial charge in [-0.1, -0.05) is 59.6 Å². The summed E-state index contributed by atoms with van der Waals surface area (Å²) in [5.74, 6) is 0. The van der Waals surface area contributed by atoms with E-state index in [1.807, 2.05) is 30.3 Å². The summed E-state index contributed by atoms with van der Waals surface area (Å²) in [5, 5.41) is 7.64. The van der Waals surface area contributed by atoms with Gasteiger partial charge in [-0.15, -0.1) is 0 Å². The summed E-state index contributed by atoms with van der Waals surface area (Å²) in [5.41, 5.74) is 7.75. The van der Waals surface area contributed by atoms with Gasteiger partial charge in [0, 0.05) is 33.3 Å². The standard InChI is InChI=1S/C25H21ClN2/c1-18-10-15-25(24(16-18)19-6-3-2-4-7-19)28-22-13-11-21(12-14-22)27-23-9-5-8-20(26)17-23/h2-17,27-28H,1H3. The molecule has 0 aliphatic heterocycles. The molecule has 0 saturated heterocycles. The number of nitrogens with one attached hydrogen (secondary N) is 2. The second-order valence-corrected chi connectivity index (χ2v) is 7.19. The number of anilines is 4. The van der Waals surface area contributed by atoms with Crippen molar-refractivity contribution in [3.05, 3.63) is 108 Å². The van der Waals surface area contributed by atoms with E-state index in [-0.39, 0.29) is 0 Å². The van der Waals surface area contributed by atoms with E-state index < -0.39 is 0 Å². The van der Waals surface area contributed by atoms with Crippen LogP contribution in [-0.2, 0) is 0 Å². The van der Waals surface area contributed by atoms with Gasteiger partial charge in [-0.2, -0.15) is 0 Å². The van der Waals surface area contributed by atoms with Gasteiger partial charge in [-0.25, -0.2) is 0 Å². The first-order valence-electron chi connectivity index (χ1n) is 9.23. The Bertz CT molecular complexity index is 1070. The molecule has 4 rings (SSSR count). The molecule has 0 bridgehead atoms. The minimum absolute atomic E-state index is 0.719. The van der Waals surface area contributed by atoms with Crippen molar-refractivity contribution in [1.82, 2.24) is 0 Å². The number of hydrogen-bond donors (Lipinski definition) is 2. The zero-order chi connectivity index (χ0) is 19.3. The van der Waals surface area contributed by atoms with Crippen molar-refractivity contribution in [2.75, 3.05) is 10.6 Å². The first-order valence-corrected chi connectivity index (χ1v) is 9.61. The lowest BCUT2D eigenvalue weighted by Gasteiger charge is -2.14. The van der Waals surface area contributed by atoms with Gasteiger partial charge in [0.15, 0.2) is 0 Å². The predicted molar refractivity (Wildman–Crippen MR) is 121 cm³/mol. The highest BCUT2D eigenvalue weighted by Crippen LogP contribution is 2.32. The number of rotatable bonds is 5. The van der Waals surface area contributed by atoms with Crippen LogP contribution >= 0.6 is 11.6 Å². The Morgan fingerprint density at radius 2 is 1.32 bits per heavy atom. The van der Waals surface area contributed by atoms with Crippen LogP contribution in [0.15, 0.2) is 97.1 Å². The molecule has 0 fully saturated rings. The second kappa shape index (κ2) is 8.20. The predicted octanol–water partition coefficient (Wildman–Crippen LogP) is 7.80. The Labute approximate surface area is 170 Å². The molecule has 2 N–H and O–H groups in total. The van der Waals surface area contributed by atoms with E-state index in [1.54, 1.807) is 0 Å². The van der Waals surface area contributed by atoms with E-state index in [0.717, 1.165) is 27.8 Å². The Morgan fingerprint density at radius 3 is 2.04 bits per heavy atom. The third-order valence-corrected chi connectivity index (χ3v) is 4.77. The molecule has 0 aliphatic carbocycles. The van der Waals surface area contributed by atoms with Crippen LogP contribution in [-0.4, -0.2) is 0 Å². The van der Waals surface area contributed by atoms with Gasteiger partial charge in [0.1, 0.15) is 0 Å². The largest absolute Gasteiger partial charge is 0.355 e. The van der Waals surface area contributed by atoms with Crippen LogP contribution < -0.4 is 10.6 Å². The SMILES string of the molecule is Cc1ccc(Nc2ccc(Nc3cccc(Cl)c3)cc2)c(-c2ccccc2)c1. The van der Waals surface area contributed by atoms with Crippen LogP contribution in [0.1, 0.15) is 5.56 Å². The molecule has 4 aromatic carbocycles. The molecular formula is C25H21ClN2. The monoisotopic (exact) mass is 384 g/mol. The third kappa shape index (κ3) is 4.36. The van der Waals surface area contributed by atoms with Gasteiger partial charge < -0.3 is 10.6 Å². The lowest BCUT2D eigenvalue weighted by atomic mass is 10.0. The lowest BCUT2D eigenvalue weighted by molar-refractivity contribution is 1.44. The maximum atomic E-state index is 6.05. The Hall–Kier alpha value is -3.23. The summed E-state index contributed by atoms with van der Waals surface area (Å²) >= 11 is 6.05. The summed E-state index contributed by atoms with van der Waals surface area (Å²) in [6.07, 6.45) is 0. The fraction of sp³-hybridized carbons (Fsp3) is 0.0400. The minimum atomic E-state index is 0.719. The highest BCUT2D eigenvalue weighted by atomic mass is 35.5. The number of halogens is 1. The van der Waals surface area contributed by atoms with E-state index in [1.165, 1.54) is 16.7 Å². The van der Waals surface area contributed by atoms with Crippen molar-refractivity contribution in [2.24, 2.45) is 0 Å². The fourth-order valence-electron chi connectivity index (χ4n) is 3.15. The van der Waals surface area contributed by atoms with Gasteiger partial charge in [-0.05, 0) is 67.1 Å². The molecule has 0 spiro atoms. The van der Waals surface area contributed by atoms with Crippen LogP contribution in [0.25, 0.3) is 11.1 Å². The highest BCUT2D eigenvalue weighted by Gasteiger charge is 2.06. The number of hydrogen-bond acceptors (Lipinski definition) is 2. The average Bonchev–Trinajstić information content (AvgIpc) is 2.71. The van der Waals surface area contributed by atoms with Gasteiger partial charge in [0.2, 0.25) is 0 Å². The molecule has 0 aromatic heterocycles. The molecule has 4 aromatic rings. The molecular weight excluding hydrogens is 364 g/mol. The highest BCUT2D eigenvalue weighted by molar-refractivity contribution is 6.30. The molecule has 0 amide bonds. The van der Waals surface area contributed by atoms with E-state index in [2.05, 4.69) is 84.3 Å². The maximum absolute atomic E-state index is 6.05. The zero-order valence-electron chi connectivity index (χ0n) is 15.6. The Morgan fingerprint density at radius 1 is 0.607 bits per heavy atom. The molecule has 0 atom stereocenters. The van der Waals surface area contributed by atoms with Crippen molar-refractivity contribution in [3.8, 4) is 11.1 Å². The van der Waals surface area contributed by atoms with Crippen LogP contribution in [0.2, 0.25) is 5.02 Å². The first-order chi connectivity index (χ1) is 13.7. The molecule has 28 heavy (non-hydrogen) atoms.